The number of rotatable bonds is 2. The van der Waals surface area contributed by atoms with E-state index in [0.29, 0.717) is 40.4 Å². The number of likely N-dealkylation sites (tertiary alicyclic amines) is 1. The molecule has 1 amide bonds. The molecule has 2 N–H and O–H groups in total. The summed E-state index contributed by atoms with van der Waals surface area (Å²) in [5.74, 6) is 0.751. The number of nitrogens with two attached hydrogens (primary N) is 1. The fourth-order valence-corrected chi connectivity index (χ4v) is 4.25. The molecule has 5 rings (SSSR count). The van der Waals surface area contributed by atoms with Gasteiger partial charge in [0.05, 0.1) is 11.7 Å². The van der Waals surface area contributed by atoms with Crippen LogP contribution in [0.2, 0.25) is 0 Å². The molecule has 1 aromatic carbocycles. The normalized spacial score (nSPS) is 19.4. The highest BCUT2D eigenvalue weighted by Gasteiger charge is 2.34. The number of hydrogen-bond donors (Lipinski definition) is 1. The van der Waals surface area contributed by atoms with E-state index in [4.69, 9.17) is 15.1 Å². The van der Waals surface area contributed by atoms with E-state index >= 15 is 0 Å². The number of benzene rings is 1. The maximum absolute atomic E-state index is 14.1. The number of aromatic nitrogens is 5. The Hall–Kier alpha value is -3.56. The minimum Gasteiger partial charge on any atom is -0.436 e. The first-order valence-electron chi connectivity index (χ1n) is 10.2. The summed E-state index contributed by atoms with van der Waals surface area (Å²) < 4.78 is 20.9. The molecule has 0 unspecified atom stereocenters. The predicted molar refractivity (Wildman–Crippen MR) is 111 cm³/mol. The van der Waals surface area contributed by atoms with Gasteiger partial charge >= 0.3 is 0 Å². The Bertz CT molecular complexity index is 1330. The van der Waals surface area contributed by atoms with Gasteiger partial charge in [-0.15, -0.1) is 5.10 Å². The van der Waals surface area contributed by atoms with Crippen LogP contribution in [0.4, 0.5) is 10.3 Å². The van der Waals surface area contributed by atoms with E-state index < -0.39 is 0 Å². The minimum absolute atomic E-state index is 0.0514. The molecule has 0 aliphatic carbocycles. The number of nitrogen functional groups attached to an aromatic ring is 1. The Labute approximate surface area is 177 Å². The third-order valence-electron chi connectivity index (χ3n) is 5.91. The zero-order chi connectivity index (χ0) is 21.9. The summed E-state index contributed by atoms with van der Waals surface area (Å²) in [4.78, 5) is 27.8. The molecular weight excluding hydrogens is 401 g/mol. The summed E-state index contributed by atoms with van der Waals surface area (Å²) in [6.45, 7) is 5.93. The summed E-state index contributed by atoms with van der Waals surface area (Å²) >= 11 is 0. The second-order valence-electron chi connectivity index (χ2n) is 8.12. The predicted octanol–water partition coefficient (Wildman–Crippen LogP) is 3.01. The van der Waals surface area contributed by atoms with Crippen molar-refractivity contribution in [3.8, 4) is 0 Å². The van der Waals surface area contributed by atoms with Gasteiger partial charge in [-0.3, -0.25) is 4.79 Å². The summed E-state index contributed by atoms with van der Waals surface area (Å²) in [6, 6.07) is 2.86. The third kappa shape index (κ3) is 3.18. The quantitative estimate of drug-likeness (QED) is 0.527. The van der Waals surface area contributed by atoms with Gasteiger partial charge in [-0.2, -0.15) is 4.52 Å². The first kappa shape index (κ1) is 19.4. The summed E-state index contributed by atoms with van der Waals surface area (Å²) in [5.41, 5.74) is 7.86. The molecule has 4 aromatic rings. The zero-order valence-corrected chi connectivity index (χ0v) is 17.5. The van der Waals surface area contributed by atoms with Gasteiger partial charge in [-0.25, -0.2) is 19.3 Å². The van der Waals surface area contributed by atoms with Crippen LogP contribution in [0.3, 0.4) is 0 Å². The van der Waals surface area contributed by atoms with E-state index in [1.807, 2.05) is 6.92 Å². The molecule has 3 aromatic heterocycles. The highest BCUT2D eigenvalue weighted by molar-refractivity contribution is 5.94. The zero-order valence-electron chi connectivity index (χ0n) is 17.5. The van der Waals surface area contributed by atoms with Crippen LogP contribution in [0.15, 0.2) is 22.7 Å². The third-order valence-corrected chi connectivity index (χ3v) is 5.91. The maximum atomic E-state index is 14.1. The number of anilines is 1. The first-order chi connectivity index (χ1) is 14.8. The number of amides is 1. The summed E-state index contributed by atoms with van der Waals surface area (Å²) in [7, 11) is 0. The largest absolute Gasteiger partial charge is 0.436 e. The number of carbonyl (C=O) groups is 1. The number of hydrogen-bond acceptors (Lipinski definition) is 7. The van der Waals surface area contributed by atoms with Gasteiger partial charge in [0.15, 0.2) is 17.4 Å². The van der Waals surface area contributed by atoms with Crippen molar-refractivity contribution < 1.29 is 13.6 Å². The lowest BCUT2D eigenvalue weighted by molar-refractivity contribution is 0.0572. The van der Waals surface area contributed by atoms with Crippen molar-refractivity contribution in [1.29, 1.82) is 0 Å². The van der Waals surface area contributed by atoms with Crippen molar-refractivity contribution in [1.82, 2.24) is 29.5 Å². The molecule has 1 saturated heterocycles. The van der Waals surface area contributed by atoms with Crippen LogP contribution in [0.25, 0.3) is 16.6 Å². The van der Waals surface area contributed by atoms with E-state index in [2.05, 4.69) is 15.1 Å². The van der Waals surface area contributed by atoms with E-state index in [1.165, 1.54) is 22.8 Å². The van der Waals surface area contributed by atoms with Crippen molar-refractivity contribution in [2.45, 2.75) is 45.6 Å². The van der Waals surface area contributed by atoms with Crippen LogP contribution in [0, 0.1) is 19.7 Å². The van der Waals surface area contributed by atoms with Gasteiger partial charge in [0.1, 0.15) is 5.82 Å². The van der Waals surface area contributed by atoms with Crippen LogP contribution < -0.4 is 5.73 Å². The molecule has 10 heteroatoms. The Morgan fingerprint density at radius 1 is 1.26 bits per heavy atom. The Kier molecular flexibility index (Phi) is 4.38. The number of carbonyl (C=O) groups excluding carboxylic acids is 1. The van der Waals surface area contributed by atoms with E-state index in [9.17, 15) is 9.18 Å². The molecule has 0 bridgehead atoms. The minimum atomic E-state index is -0.367. The van der Waals surface area contributed by atoms with Gasteiger partial charge in [-0.05, 0) is 44.4 Å². The molecule has 31 heavy (non-hydrogen) atoms. The first-order valence-corrected chi connectivity index (χ1v) is 10.2. The number of aryl methyl sites for hydroxylation is 2. The summed E-state index contributed by atoms with van der Waals surface area (Å²) in [6.07, 6.45) is 3.06. The van der Waals surface area contributed by atoms with Gasteiger partial charge in [0.2, 0.25) is 11.7 Å². The SMILES string of the molecule is Cc1ncc(C(=O)N2C[C@H](c3nc4c5cc(F)cc(C)c5nc(N)n4n3)CC[C@@H]2C)o1. The fraction of sp³-hybridized carbons (Fsp3) is 0.381. The van der Waals surface area contributed by atoms with Crippen molar-refractivity contribution in [2.24, 2.45) is 0 Å². The number of fused-ring (bicyclic) bond motifs is 3. The number of piperidine rings is 1. The molecule has 1 aliphatic heterocycles. The van der Waals surface area contributed by atoms with Gasteiger partial charge in [-0.1, -0.05) is 0 Å². The Morgan fingerprint density at radius 3 is 2.81 bits per heavy atom. The molecule has 0 radical (unpaired) electrons. The van der Waals surface area contributed by atoms with Crippen LogP contribution in [-0.4, -0.2) is 48.0 Å². The van der Waals surface area contributed by atoms with Crippen molar-refractivity contribution in [2.75, 3.05) is 12.3 Å². The second-order valence-corrected chi connectivity index (χ2v) is 8.12. The topological polar surface area (TPSA) is 115 Å². The van der Waals surface area contributed by atoms with Crippen molar-refractivity contribution >= 4 is 28.4 Å². The molecule has 0 spiro atoms. The molecule has 0 saturated carbocycles. The lowest BCUT2D eigenvalue weighted by Crippen LogP contribution is -2.45. The maximum Gasteiger partial charge on any atom is 0.291 e. The van der Waals surface area contributed by atoms with Crippen LogP contribution in [0.1, 0.15) is 53.5 Å². The van der Waals surface area contributed by atoms with Crippen LogP contribution in [-0.2, 0) is 0 Å². The molecule has 1 fully saturated rings. The Morgan fingerprint density at radius 2 is 2.06 bits per heavy atom. The standard InChI is InChI=1S/C21H22FN7O2/c1-10-6-14(22)7-15-17(10)25-21(23)29-19(15)26-18(27-29)13-5-4-11(2)28(9-13)20(30)16-8-24-12(3)31-16/h6-8,11,13H,4-5,9H2,1-3H3,(H2,23,25)/t11-,13+/m0/s1. The monoisotopic (exact) mass is 423 g/mol. The smallest absolute Gasteiger partial charge is 0.291 e. The number of halogens is 1. The molecule has 4 heterocycles. The number of nitrogens with zero attached hydrogens (tertiary/aromatic N) is 6. The summed E-state index contributed by atoms with van der Waals surface area (Å²) in [5, 5.41) is 5.12. The van der Waals surface area contributed by atoms with Crippen molar-refractivity contribution in [3.63, 3.8) is 0 Å². The highest BCUT2D eigenvalue weighted by Crippen LogP contribution is 2.31. The van der Waals surface area contributed by atoms with Gasteiger partial charge < -0.3 is 15.1 Å². The molecule has 9 nitrogen and oxygen atoms in total. The fourth-order valence-electron chi connectivity index (χ4n) is 4.25. The van der Waals surface area contributed by atoms with Crippen LogP contribution in [0.5, 0.6) is 0 Å². The molecule has 160 valence electrons. The second kappa shape index (κ2) is 7.00. The van der Waals surface area contributed by atoms with E-state index in [-0.39, 0.29) is 35.4 Å². The Balaban J connectivity index is 1.53. The van der Waals surface area contributed by atoms with Crippen molar-refractivity contribution in [3.05, 3.63) is 47.2 Å². The van der Waals surface area contributed by atoms with Gasteiger partial charge in [0, 0.05) is 30.8 Å². The average molecular weight is 423 g/mol. The van der Waals surface area contributed by atoms with E-state index in [1.54, 1.807) is 18.7 Å². The van der Waals surface area contributed by atoms with Crippen LogP contribution >= 0.6 is 0 Å². The van der Waals surface area contributed by atoms with E-state index in [0.717, 1.165) is 12.8 Å². The van der Waals surface area contributed by atoms with Gasteiger partial charge in [0.25, 0.3) is 5.91 Å². The average Bonchev–Trinajstić information content (AvgIpc) is 3.36. The lowest BCUT2D eigenvalue weighted by Gasteiger charge is -2.36. The molecule has 1 aliphatic rings. The molecule has 2 atom stereocenters. The number of oxazole rings is 1. The molecular formula is C21H22FN7O2. The highest BCUT2D eigenvalue weighted by atomic mass is 19.1. The lowest BCUT2D eigenvalue weighted by atomic mass is 9.92.